The third-order valence-electron chi connectivity index (χ3n) is 5.38. The molecular formula is C21H31N3O3. The number of piperidine rings is 1. The van der Waals surface area contributed by atoms with Crippen molar-refractivity contribution >= 4 is 0 Å². The van der Waals surface area contributed by atoms with Gasteiger partial charge in [-0.05, 0) is 77.0 Å². The van der Waals surface area contributed by atoms with Gasteiger partial charge in [-0.3, -0.25) is 0 Å². The Morgan fingerprint density at radius 1 is 1.22 bits per heavy atom. The fourth-order valence-electron chi connectivity index (χ4n) is 3.49. The van der Waals surface area contributed by atoms with Crippen LogP contribution in [0.15, 0.2) is 22.7 Å². The maximum atomic E-state index is 5.95. The summed E-state index contributed by atoms with van der Waals surface area (Å²) >= 11 is 0. The van der Waals surface area contributed by atoms with Gasteiger partial charge in [0.05, 0.1) is 18.4 Å². The summed E-state index contributed by atoms with van der Waals surface area (Å²) in [6.07, 6.45) is 2.56. The molecule has 0 amide bonds. The van der Waals surface area contributed by atoms with Gasteiger partial charge in [0.1, 0.15) is 12.4 Å². The molecule has 1 aromatic carbocycles. The van der Waals surface area contributed by atoms with Crippen LogP contribution in [0.2, 0.25) is 0 Å². The van der Waals surface area contributed by atoms with Gasteiger partial charge < -0.3 is 24.2 Å². The number of benzene rings is 1. The van der Waals surface area contributed by atoms with E-state index in [1.807, 2.05) is 26.0 Å². The first-order valence-electron chi connectivity index (χ1n) is 9.67. The summed E-state index contributed by atoms with van der Waals surface area (Å²) in [5, 5.41) is 7.56. The summed E-state index contributed by atoms with van der Waals surface area (Å²) < 4.78 is 16.7. The van der Waals surface area contributed by atoms with E-state index < -0.39 is 0 Å². The number of likely N-dealkylation sites (tertiary alicyclic amines) is 1. The molecule has 0 aliphatic carbocycles. The number of hydrogen-bond donors (Lipinski definition) is 1. The molecule has 1 saturated heterocycles. The number of hydrogen-bond acceptors (Lipinski definition) is 6. The largest absolute Gasteiger partial charge is 0.493 e. The normalized spacial score (nSPS) is 15.9. The van der Waals surface area contributed by atoms with Gasteiger partial charge in [0.25, 0.3) is 0 Å². The Kier molecular flexibility index (Phi) is 6.74. The summed E-state index contributed by atoms with van der Waals surface area (Å²) in [7, 11) is 3.87. The molecule has 0 atom stereocenters. The number of aryl methyl sites for hydroxylation is 2. The fraction of sp³-hybridized carbons (Fsp3) is 0.571. The van der Waals surface area contributed by atoms with Gasteiger partial charge in [-0.2, -0.15) is 0 Å². The van der Waals surface area contributed by atoms with Crippen molar-refractivity contribution in [3.63, 3.8) is 0 Å². The third-order valence-corrected chi connectivity index (χ3v) is 5.38. The molecule has 148 valence electrons. The number of nitrogens with one attached hydrogen (secondary N) is 1. The van der Waals surface area contributed by atoms with Crippen molar-refractivity contribution in [2.45, 2.75) is 39.8 Å². The fourth-order valence-corrected chi connectivity index (χ4v) is 3.49. The summed E-state index contributed by atoms with van der Waals surface area (Å²) in [4.78, 5) is 2.41. The van der Waals surface area contributed by atoms with Crippen LogP contribution in [0.3, 0.4) is 0 Å². The van der Waals surface area contributed by atoms with Crippen LogP contribution in [0.1, 0.15) is 35.4 Å². The topological polar surface area (TPSA) is 59.8 Å². The van der Waals surface area contributed by atoms with Crippen LogP contribution in [0.5, 0.6) is 11.5 Å². The number of nitrogens with zero attached hydrogens (tertiary/aromatic N) is 2. The van der Waals surface area contributed by atoms with Gasteiger partial charge in [0, 0.05) is 6.54 Å². The van der Waals surface area contributed by atoms with Gasteiger partial charge in [-0.1, -0.05) is 11.2 Å². The second-order valence-electron chi connectivity index (χ2n) is 7.45. The van der Waals surface area contributed by atoms with Crippen molar-refractivity contribution < 1.29 is 14.0 Å². The molecule has 0 bridgehead atoms. The average molecular weight is 373 g/mol. The first kappa shape index (κ1) is 19.7. The Bertz CT molecular complexity index is 717. The molecule has 1 N–H and O–H groups in total. The molecule has 0 unspecified atom stereocenters. The van der Waals surface area contributed by atoms with Crippen molar-refractivity contribution in [2.24, 2.45) is 5.92 Å². The van der Waals surface area contributed by atoms with Crippen LogP contribution in [-0.2, 0) is 13.2 Å². The van der Waals surface area contributed by atoms with Crippen LogP contribution >= 0.6 is 0 Å². The summed E-state index contributed by atoms with van der Waals surface area (Å²) in [5.74, 6) is 3.05. The molecule has 6 heteroatoms. The van der Waals surface area contributed by atoms with E-state index in [1.54, 1.807) is 7.11 Å². The van der Waals surface area contributed by atoms with Crippen molar-refractivity contribution in [1.82, 2.24) is 15.4 Å². The Labute approximate surface area is 161 Å². The van der Waals surface area contributed by atoms with E-state index in [1.165, 1.54) is 31.5 Å². The molecule has 6 nitrogen and oxygen atoms in total. The lowest BCUT2D eigenvalue weighted by Crippen LogP contribution is -2.34. The van der Waals surface area contributed by atoms with Crippen LogP contribution in [-0.4, -0.2) is 43.8 Å². The molecule has 3 rings (SSSR count). The van der Waals surface area contributed by atoms with E-state index in [0.29, 0.717) is 6.61 Å². The monoisotopic (exact) mass is 373 g/mol. The van der Waals surface area contributed by atoms with E-state index in [-0.39, 0.29) is 0 Å². The van der Waals surface area contributed by atoms with E-state index in [4.69, 9.17) is 14.0 Å². The first-order chi connectivity index (χ1) is 13.1. The predicted octanol–water partition coefficient (Wildman–Crippen LogP) is 3.31. The third kappa shape index (κ3) is 5.23. The van der Waals surface area contributed by atoms with Gasteiger partial charge in [0.2, 0.25) is 0 Å². The van der Waals surface area contributed by atoms with Gasteiger partial charge >= 0.3 is 0 Å². The Morgan fingerprint density at radius 2 is 2.00 bits per heavy atom. The molecule has 2 aromatic rings. The molecule has 0 saturated carbocycles. The average Bonchev–Trinajstić information content (AvgIpc) is 3.00. The molecule has 2 heterocycles. The molecular weight excluding hydrogens is 342 g/mol. The lowest BCUT2D eigenvalue weighted by molar-refractivity contribution is 0.216. The van der Waals surface area contributed by atoms with Crippen molar-refractivity contribution in [2.75, 3.05) is 33.8 Å². The Balaban J connectivity index is 1.52. The highest BCUT2D eigenvalue weighted by Gasteiger charge is 2.16. The first-order valence-corrected chi connectivity index (χ1v) is 9.67. The molecule has 1 aliphatic rings. The number of ether oxygens (including phenoxy) is 2. The molecule has 1 aromatic heterocycles. The van der Waals surface area contributed by atoms with E-state index in [2.05, 4.69) is 28.5 Å². The number of rotatable bonds is 8. The van der Waals surface area contributed by atoms with Gasteiger partial charge in [-0.15, -0.1) is 0 Å². The predicted molar refractivity (Wildman–Crippen MR) is 105 cm³/mol. The molecule has 1 fully saturated rings. The van der Waals surface area contributed by atoms with E-state index in [9.17, 15) is 0 Å². The smallest absolute Gasteiger partial charge is 0.161 e. The molecule has 1 aliphatic heterocycles. The highest BCUT2D eigenvalue weighted by molar-refractivity contribution is 5.43. The Morgan fingerprint density at radius 3 is 2.67 bits per heavy atom. The van der Waals surface area contributed by atoms with Crippen LogP contribution in [0, 0.1) is 19.8 Å². The molecule has 0 radical (unpaired) electrons. The lowest BCUT2D eigenvalue weighted by Gasteiger charge is -2.29. The standard InChI is InChI=1S/C21H31N3O3/c1-15-19(16(2)27-23-15)14-26-20-6-5-18(11-21(20)25-4)13-22-12-17-7-9-24(3)10-8-17/h5-6,11,17,22H,7-10,12-14H2,1-4H3. The van der Waals surface area contributed by atoms with Crippen molar-refractivity contribution in [1.29, 1.82) is 0 Å². The van der Waals surface area contributed by atoms with E-state index >= 15 is 0 Å². The van der Waals surface area contributed by atoms with Crippen LogP contribution in [0.4, 0.5) is 0 Å². The summed E-state index contributed by atoms with van der Waals surface area (Å²) in [5.41, 5.74) is 3.05. The zero-order chi connectivity index (χ0) is 19.2. The summed E-state index contributed by atoms with van der Waals surface area (Å²) in [6.45, 7) is 8.56. The maximum Gasteiger partial charge on any atom is 0.161 e. The lowest BCUT2D eigenvalue weighted by atomic mass is 9.97. The highest BCUT2D eigenvalue weighted by atomic mass is 16.5. The minimum Gasteiger partial charge on any atom is -0.493 e. The van der Waals surface area contributed by atoms with Crippen LogP contribution < -0.4 is 14.8 Å². The van der Waals surface area contributed by atoms with E-state index in [0.717, 1.165) is 47.5 Å². The second kappa shape index (κ2) is 9.24. The van der Waals surface area contributed by atoms with Crippen LogP contribution in [0.25, 0.3) is 0 Å². The minimum atomic E-state index is 0.422. The second-order valence-corrected chi connectivity index (χ2v) is 7.45. The van der Waals surface area contributed by atoms with Crippen molar-refractivity contribution in [3.05, 3.63) is 40.8 Å². The molecule has 27 heavy (non-hydrogen) atoms. The summed E-state index contributed by atoms with van der Waals surface area (Å²) in [6, 6.07) is 6.11. The van der Waals surface area contributed by atoms with Crippen molar-refractivity contribution in [3.8, 4) is 11.5 Å². The quantitative estimate of drug-likeness (QED) is 0.766. The number of aromatic nitrogens is 1. The minimum absolute atomic E-state index is 0.422. The number of methoxy groups -OCH3 is 1. The molecule has 0 spiro atoms. The zero-order valence-corrected chi connectivity index (χ0v) is 16.9. The van der Waals surface area contributed by atoms with Gasteiger partial charge in [-0.25, -0.2) is 0 Å². The Hall–Kier alpha value is -2.05. The highest BCUT2D eigenvalue weighted by Crippen LogP contribution is 2.29. The SMILES string of the molecule is COc1cc(CNCC2CCN(C)CC2)ccc1OCc1c(C)noc1C. The zero-order valence-electron chi connectivity index (χ0n) is 16.9. The maximum absolute atomic E-state index is 5.95. The van der Waals surface area contributed by atoms with Gasteiger partial charge in [0.15, 0.2) is 11.5 Å².